The molecule has 21 heavy (non-hydrogen) atoms. The van der Waals surface area contributed by atoms with Gasteiger partial charge in [-0.1, -0.05) is 22.0 Å². The Balaban J connectivity index is 1.99. The standard InChI is InChI=1S/C15H14BrFN2O2/c1-9-5-10(16)6-13(18)15(9)21-8-14(20)19-12-4-2-3-11(17)7-12/h2-7H,8,18H2,1H3,(H,19,20). The summed E-state index contributed by atoms with van der Waals surface area (Å²) in [6.07, 6.45) is 0. The highest BCUT2D eigenvalue weighted by Crippen LogP contribution is 2.29. The lowest BCUT2D eigenvalue weighted by molar-refractivity contribution is -0.118. The van der Waals surface area contributed by atoms with Crippen LogP contribution in [-0.4, -0.2) is 12.5 Å². The van der Waals surface area contributed by atoms with E-state index in [0.29, 0.717) is 17.1 Å². The molecule has 2 aromatic carbocycles. The first-order valence-corrected chi connectivity index (χ1v) is 6.99. The molecule has 0 fully saturated rings. The van der Waals surface area contributed by atoms with Gasteiger partial charge in [0.1, 0.15) is 11.6 Å². The highest BCUT2D eigenvalue weighted by Gasteiger charge is 2.09. The minimum Gasteiger partial charge on any atom is -0.481 e. The van der Waals surface area contributed by atoms with E-state index in [4.69, 9.17) is 10.5 Å². The fraction of sp³-hybridized carbons (Fsp3) is 0.133. The van der Waals surface area contributed by atoms with Gasteiger partial charge in [-0.25, -0.2) is 4.39 Å². The summed E-state index contributed by atoms with van der Waals surface area (Å²) in [4.78, 5) is 11.8. The molecule has 0 bridgehead atoms. The maximum Gasteiger partial charge on any atom is 0.262 e. The van der Waals surface area contributed by atoms with Crippen molar-refractivity contribution in [2.75, 3.05) is 17.7 Å². The number of carbonyl (C=O) groups excluding carboxylic acids is 1. The summed E-state index contributed by atoms with van der Waals surface area (Å²) in [5, 5.41) is 2.55. The van der Waals surface area contributed by atoms with Crippen molar-refractivity contribution in [3.05, 3.63) is 52.3 Å². The molecule has 0 heterocycles. The Labute approximate surface area is 130 Å². The highest BCUT2D eigenvalue weighted by atomic mass is 79.9. The summed E-state index contributed by atoms with van der Waals surface area (Å²) in [5.74, 6) is -0.336. The zero-order chi connectivity index (χ0) is 15.4. The van der Waals surface area contributed by atoms with Crippen LogP contribution < -0.4 is 15.8 Å². The minimum atomic E-state index is -0.415. The molecule has 0 unspecified atom stereocenters. The second kappa shape index (κ2) is 6.58. The number of nitrogen functional groups attached to an aromatic ring is 1. The summed E-state index contributed by atoms with van der Waals surface area (Å²) >= 11 is 3.33. The minimum absolute atomic E-state index is 0.205. The number of nitrogens with one attached hydrogen (secondary N) is 1. The predicted molar refractivity (Wildman–Crippen MR) is 83.8 cm³/mol. The monoisotopic (exact) mass is 352 g/mol. The Bertz CT molecular complexity index is 653. The molecule has 0 saturated carbocycles. The highest BCUT2D eigenvalue weighted by molar-refractivity contribution is 9.10. The van der Waals surface area contributed by atoms with Crippen molar-refractivity contribution >= 4 is 33.2 Å². The summed E-state index contributed by atoms with van der Waals surface area (Å²) in [6.45, 7) is 1.63. The molecule has 0 radical (unpaired) electrons. The molecule has 2 rings (SSSR count). The van der Waals surface area contributed by atoms with Gasteiger partial charge < -0.3 is 15.8 Å². The maximum absolute atomic E-state index is 13.0. The van der Waals surface area contributed by atoms with Crippen LogP contribution in [0.4, 0.5) is 15.8 Å². The third-order valence-corrected chi connectivity index (χ3v) is 3.18. The van der Waals surface area contributed by atoms with Crippen molar-refractivity contribution < 1.29 is 13.9 Å². The quantitative estimate of drug-likeness (QED) is 0.827. The smallest absolute Gasteiger partial charge is 0.262 e. The van der Waals surface area contributed by atoms with E-state index in [9.17, 15) is 9.18 Å². The van der Waals surface area contributed by atoms with Gasteiger partial charge in [0.25, 0.3) is 5.91 Å². The molecule has 110 valence electrons. The summed E-state index contributed by atoms with van der Waals surface area (Å²) in [5.41, 5.74) is 7.49. The van der Waals surface area contributed by atoms with Gasteiger partial charge in [-0.2, -0.15) is 0 Å². The average Bonchev–Trinajstić information content (AvgIpc) is 2.37. The molecule has 0 aliphatic carbocycles. The second-order valence-electron chi connectivity index (χ2n) is 4.49. The van der Waals surface area contributed by atoms with Crippen LogP contribution in [0.2, 0.25) is 0 Å². The van der Waals surface area contributed by atoms with Crippen LogP contribution in [0.3, 0.4) is 0 Å². The molecule has 0 aromatic heterocycles. The Kier molecular flexibility index (Phi) is 4.80. The van der Waals surface area contributed by atoms with Gasteiger partial charge in [-0.3, -0.25) is 4.79 Å². The largest absolute Gasteiger partial charge is 0.481 e. The third-order valence-electron chi connectivity index (χ3n) is 2.72. The van der Waals surface area contributed by atoms with Gasteiger partial charge in [0, 0.05) is 10.2 Å². The summed E-state index contributed by atoms with van der Waals surface area (Å²) in [6, 6.07) is 9.20. The Morgan fingerprint density at radius 1 is 1.38 bits per heavy atom. The van der Waals surface area contributed by atoms with Crippen LogP contribution in [0.5, 0.6) is 5.75 Å². The molecule has 4 nitrogen and oxygen atoms in total. The van der Waals surface area contributed by atoms with Crippen molar-refractivity contribution in [3.8, 4) is 5.75 Å². The van der Waals surface area contributed by atoms with Crippen molar-refractivity contribution in [3.63, 3.8) is 0 Å². The number of hydrogen-bond donors (Lipinski definition) is 2. The number of rotatable bonds is 4. The first-order valence-electron chi connectivity index (χ1n) is 6.19. The van der Waals surface area contributed by atoms with E-state index in [1.54, 1.807) is 12.1 Å². The number of aryl methyl sites for hydroxylation is 1. The number of nitrogens with two attached hydrogens (primary N) is 1. The van der Waals surface area contributed by atoms with Crippen LogP contribution >= 0.6 is 15.9 Å². The van der Waals surface area contributed by atoms with E-state index in [0.717, 1.165) is 10.0 Å². The van der Waals surface area contributed by atoms with E-state index in [-0.39, 0.29) is 12.5 Å². The summed E-state index contributed by atoms with van der Waals surface area (Å²) in [7, 11) is 0. The molecular formula is C15H14BrFN2O2. The van der Waals surface area contributed by atoms with Crippen LogP contribution in [-0.2, 0) is 4.79 Å². The molecule has 0 spiro atoms. The third kappa shape index (κ3) is 4.19. The molecule has 0 saturated heterocycles. The fourth-order valence-corrected chi connectivity index (χ4v) is 2.44. The molecule has 0 aliphatic heterocycles. The lowest BCUT2D eigenvalue weighted by Crippen LogP contribution is -2.20. The summed E-state index contributed by atoms with van der Waals surface area (Å²) < 4.78 is 19.3. The number of benzene rings is 2. The Morgan fingerprint density at radius 3 is 2.81 bits per heavy atom. The lowest BCUT2D eigenvalue weighted by Gasteiger charge is -2.12. The van der Waals surface area contributed by atoms with Gasteiger partial charge in [-0.05, 0) is 42.8 Å². The predicted octanol–water partition coefficient (Wildman–Crippen LogP) is 3.50. The van der Waals surface area contributed by atoms with Crippen LogP contribution in [0, 0.1) is 12.7 Å². The Hall–Kier alpha value is -2.08. The van der Waals surface area contributed by atoms with Crippen molar-refractivity contribution in [1.29, 1.82) is 0 Å². The van der Waals surface area contributed by atoms with Crippen LogP contribution in [0.15, 0.2) is 40.9 Å². The number of hydrogen-bond acceptors (Lipinski definition) is 3. The fourth-order valence-electron chi connectivity index (χ4n) is 1.85. The number of ether oxygens (including phenoxy) is 1. The first kappa shape index (κ1) is 15.3. The number of amides is 1. The molecule has 1 amide bonds. The molecule has 6 heteroatoms. The normalized spacial score (nSPS) is 10.2. The van der Waals surface area contributed by atoms with Gasteiger partial charge >= 0.3 is 0 Å². The SMILES string of the molecule is Cc1cc(Br)cc(N)c1OCC(=O)Nc1cccc(F)c1. The van der Waals surface area contributed by atoms with E-state index >= 15 is 0 Å². The first-order chi connectivity index (χ1) is 9.95. The average molecular weight is 353 g/mol. The van der Waals surface area contributed by atoms with Crippen molar-refractivity contribution in [1.82, 2.24) is 0 Å². The van der Waals surface area contributed by atoms with E-state index < -0.39 is 5.82 Å². The molecule has 0 atom stereocenters. The molecule has 2 aromatic rings. The van der Waals surface area contributed by atoms with Gasteiger partial charge in [0.15, 0.2) is 6.61 Å². The van der Waals surface area contributed by atoms with E-state index in [2.05, 4.69) is 21.2 Å². The molecule has 0 aliphatic rings. The van der Waals surface area contributed by atoms with Gasteiger partial charge in [-0.15, -0.1) is 0 Å². The van der Waals surface area contributed by atoms with Crippen molar-refractivity contribution in [2.24, 2.45) is 0 Å². The van der Waals surface area contributed by atoms with Crippen LogP contribution in [0.1, 0.15) is 5.56 Å². The van der Waals surface area contributed by atoms with Gasteiger partial charge in [0.2, 0.25) is 0 Å². The second-order valence-corrected chi connectivity index (χ2v) is 5.40. The number of anilines is 2. The van der Waals surface area contributed by atoms with Gasteiger partial charge in [0.05, 0.1) is 5.69 Å². The Morgan fingerprint density at radius 2 is 2.14 bits per heavy atom. The maximum atomic E-state index is 13.0. The topological polar surface area (TPSA) is 64.3 Å². The number of carbonyl (C=O) groups is 1. The van der Waals surface area contributed by atoms with Crippen LogP contribution in [0.25, 0.3) is 0 Å². The molecule has 3 N–H and O–H groups in total. The van der Waals surface area contributed by atoms with E-state index in [1.807, 2.05) is 13.0 Å². The number of halogens is 2. The zero-order valence-corrected chi connectivity index (χ0v) is 12.9. The zero-order valence-electron chi connectivity index (χ0n) is 11.3. The lowest BCUT2D eigenvalue weighted by atomic mass is 10.2. The van der Waals surface area contributed by atoms with E-state index in [1.165, 1.54) is 18.2 Å². The molecular weight excluding hydrogens is 339 g/mol. The van der Waals surface area contributed by atoms with Crippen molar-refractivity contribution in [2.45, 2.75) is 6.92 Å².